The average molecular weight is 484 g/mol. The van der Waals surface area contributed by atoms with Crippen molar-refractivity contribution in [2.24, 2.45) is 0 Å². The minimum Gasteiger partial charge on any atom is -0.322 e. The number of nitrogens with zero attached hydrogens (tertiary/aromatic N) is 5. The van der Waals surface area contributed by atoms with E-state index in [2.05, 4.69) is 15.4 Å². The molecule has 0 fully saturated rings. The molecule has 1 N–H and O–H groups in total. The van der Waals surface area contributed by atoms with Gasteiger partial charge in [0.15, 0.2) is 0 Å². The lowest BCUT2D eigenvalue weighted by Gasteiger charge is -2.28. The Kier molecular flexibility index (Phi) is 5.74. The van der Waals surface area contributed by atoms with Gasteiger partial charge in [0, 0.05) is 35.2 Å². The zero-order valence-corrected chi connectivity index (χ0v) is 18.7. The van der Waals surface area contributed by atoms with Crippen molar-refractivity contribution in [1.82, 2.24) is 14.8 Å². The highest BCUT2D eigenvalue weighted by molar-refractivity contribution is 6.15. The second-order valence-electron chi connectivity index (χ2n) is 8.07. The number of amides is 2. The number of pyridine rings is 1. The summed E-state index contributed by atoms with van der Waals surface area (Å²) in [5.74, 6) is -4.23. The van der Waals surface area contributed by atoms with Crippen LogP contribution in [0.2, 0.25) is 0 Å². The molecule has 0 atom stereocenters. The van der Waals surface area contributed by atoms with Crippen LogP contribution in [0.5, 0.6) is 0 Å². The van der Waals surface area contributed by atoms with Gasteiger partial charge in [0.05, 0.1) is 18.3 Å². The Balaban J connectivity index is 1.39. The first kappa shape index (κ1) is 22.9. The van der Waals surface area contributed by atoms with E-state index in [4.69, 9.17) is 5.26 Å². The molecule has 4 aromatic rings. The minimum atomic E-state index is -3.19. The number of anilines is 2. The molecule has 1 aliphatic rings. The molecule has 1 aliphatic heterocycles. The number of hydrogen-bond donors (Lipinski definition) is 1. The zero-order valence-electron chi connectivity index (χ0n) is 18.7. The summed E-state index contributed by atoms with van der Waals surface area (Å²) in [4.78, 5) is 31.5. The van der Waals surface area contributed by atoms with Crippen molar-refractivity contribution in [2.75, 3.05) is 16.8 Å². The minimum absolute atomic E-state index is 0.0623. The Bertz CT molecular complexity index is 1490. The third kappa shape index (κ3) is 4.07. The predicted molar refractivity (Wildman–Crippen MR) is 127 cm³/mol. The fraction of sp³-hybridized carbons (Fsp3) is 0.115. The monoisotopic (exact) mass is 484 g/mol. The van der Waals surface area contributed by atoms with E-state index in [1.807, 2.05) is 6.07 Å². The molecule has 3 heterocycles. The topological polar surface area (TPSA) is 104 Å². The number of nitrogens with one attached hydrogen (secondary N) is 1. The molecule has 0 bridgehead atoms. The molecular formula is C26H18F2N6O2. The van der Waals surface area contributed by atoms with Gasteiger partial charge in [-0.2, -0.15) is 19.1 Å². The van der Waals surface area contributed by atoms with Gasteiger partial charge >= 0.3 is 0 Å². The van der Waals surface area contributed by atoms with Crippen LogP contribution in [0.4, 0.5) is 20.2 Å². The fourth-order valence-electron chi connectivity index (χ4n) is 4.05. The molecule has 178 valence electrons. The molecule has 2 amide bonds. The SMILES string of the molecule is N#Cc1cc(NC(=O)c2cnn3c2C(=O)N(c2ccc(C(F)(F)c4ccccc4)cc2)CC3)ccn1. The van der Waals surface area contributed by atoms with Crippen LogP contribution >= 0.6 is 0 Å². The van der Waals surface area contributed by atoms with Crippen molar-refractivity contribution in [2.45, 2.75) is 12.5 Å². The number of nitriles is 1. The third-order valence-corrected chi connectivity index (χ3v) is 5.88. The lowest BCUT2D eigenvalue weighted by Crippen LogP contribution is -2.41. The third-order valence-electron chi connectivity index (χ3n) is 5.88. The number of halogens is 2. The molecule has 0 saturated heterocycles. The summed E-state index contributed by atoms with van der Waals surface area (Å²) in [6.45, 7) is 0.586. The van der Waals surface area contributed by atoms with Crippen LogP contribution < -0.4 is 10.2 Å². The molecule has 0 aliphatic carbocycles. The average Bonchev–Trinajstić information content (AvgIpc) is 3.35. The summed E-state index contributed by atoms with van der Waals surface area (Å²) in [7, 11) is 0. The van der Waals surface area contributed by atoms with Crippen molar-refractivity contribution in [3.63, 3.8) is 0 Å². The first-order valence-electron chi connectivity index (χ1n) is 11.0. The second kappa shape index (κ2) is 9.03. The van der Waals surface area contributed by atoms with Crippen LogP contribution in [0, 0.1) is 11.3 Å². The molecule has 0 unspecified atom stereocenters. The Hall–Kier alpha value is -4.91. The molecule has 36 heavy (non-hydrogen) atoms. The van der Waals surface area contributed by atoms with Crippen molar-refractivity contribution >= 4 is 23.2 Å². The number of carbonyl (C=O) groups is 2. The van der Waals surface area contributed by atoms with Crippen LogP contribution in [0.3, 0.4) is 0 Å². The van der Waals surface area contributed by atoms with Gasteiger partial charge in [-0.3, -0.25) is 14.3 Å². The molecule has 0 spiro atoms. The van der Waals surface area contributed by atoms with E-state index in [1.165, 1.54) is 70.5 Å². The van der Waals surface area contributed by atoms with Gasteiger partial charge in [0.25, 0.3) is 17.7 Å². The standard InChI is InChI=1S/C26H18F2N6O2/c27-26(28,17-4-2-1-3-5-17)18-6-8-21(9-7-18)33-12-13-34-23(25(33)36)22(16-31-34)24(35)32-19-10-11-30-20(14-19)15-29/h1-11,14,16H,12-13H2,(H,30,32,35). The highest BCUT2D eigenvalue weighted by Gasteiger charge is 2.35. The second-order valence-corrected chi connectivity index (χ2v) is 8.07. The van der Waals surface area contributed by atoms with E-state index in [0.717, 1.165) is 0 Å². The number of carbonyl (C=O) groups excluding carboxylic acids is 2. The molecule has 8 nitrogen and oxygen atoms in total. The quantitative estimate of drug-likeness (QED) is 0.457. The number of benzene rings is 2. The molecular weight excluding hydrogens is 466 g/mol. The van der Waals surface area contributed by atoms with E-state index < -0.39 is 17.7 Å². The molecule has 0 radical (unpaired) electrons. The smallest absolute Gasteiger partial charge is 0.298 e. The molecule has 10 heteroatoms. The summed E-state index contributed by atoms with van der Waals surface area (Å²) in [5.41, 5.74) is 0.747. The Morgan fingerprint density at radius 3 is 2.47 bits per heavy atom. The van der Waals surface area contributed by atoms with Crippen molar-refractivity contribution < 1.29 is 18.4 Å². The maximum atomic E-state index is 14.9. The van der Waals surface area contributed by atoms with Gasteiger partial charge in [-0.15, -0.1) is 0 Å². The van der Waals surface area contributed by atoms with Gasteiger partial charge in [0.2, 0.25) is 0 Å². The number of alkyl halides is 2. The van der Waals surface area contributed by atoms with E-state index in [0.29, 0.717) is 17.9 Å². The maximum absolute atomic E-state index is 14.9. The lowest BCUT2D eigenvalue weighted by atomic mass is 10.00. The van der Waals surface area contributed by atoms with Gasteiger partial charge in [-0.05, 0) is 24.3 Å². The van der Waals surface area contributed by atoms with Gasteiger partial charge < -0.3 is 10.2 Å². The van der Waals surface area contributed by atoms with Crippen molar-refractivity contribution in [3.05, 3.63) is 107 Å². The van der Waals surface area contributed by atoms with Crippen molar-refractivity contribution in [3.8, 4) is 6.07 Å². The number of aromatic nitrogens is 3. The van der Waals surface area contributed by atoms with E-state index in [-0.39, 0.29) is 34.6 Å². The Morgan fingerprint density at radius 1 is 1.03 bits per heavy atom. The van der Waals surface area contributed by atoms with Crippen LogP contribution in [-0.2, 0) is 12.5 Å². The summed E-state index contributed by atoms with van der Waals surface area (Å²) in [5, 5.41) is 15.8. The Labute approximate surface area is 204 Å². The number of fused-ring (bicyclic) bond motifs is 1. The summed E-state index contributed by atoms with van der Waals surface area (Å²) in [6.07, 6.45) is 2.70. The first-order valence-corrected chi connectivity index (χ1v) is 11.0. The lowest BCUT2D eigenvalue weighted by molar-refractivity contribution is 0.0428. The largest absolute Gasteiger partial charge is 0.322 e. The first-order chi connectivity index (χ1) is 17.4. The summed E-state index contributed by atoms with van der Waals surface area (Å²) >= 11 is 0. The number of rotatable bonds is 5. The van der Waals surface area contributed by atoms with Crippen LogP contribution in [0.15, 0.2) is 79.1 Å². The van der Waals surface area contributed by atoms with Crippen LogP contribution in [-0.4, -0.2) is 33.1 Å². The van der Waals surface area contributed by atoms with E-state index in [9.17, 15) is 18.4 Å². The molecule has 2 aromatic carbocycles. The van der Waals surface area contributed by atoms with Gasteiger partial charge in [-0.25, -0.2) is 4.98 Å². The predicted octanol–water partition coefficient (Wildman–Crippen LogP) is 4.20. The molecule has 5 rings (SSSR count). The van der Waals surface area contributed by atoms with Crippen LogP contribution in [0.1, 0.15) is 37.7 Å². The van der Waals surface area contributed by atoms with Crippen molar-refractivity contribution in [1.29, 1.82) is 5.26 Å². The Morgan fingerprint density at radius 2 is 1.75 bits per heavy atom. The molecule has 2 aromatic heterocycles. The summed E-state index contributed by atoms with van der Waals surface area (Å²) in [6, 6.07) is 17.9. The van der Waals surface area contributed by atoms with E-state index in [1.54, 1.807) is 18.2 Å². The zero-order chi connectivity index (χ0) is 25.3. The highest BCUT2D eigenvalue weighted by atomic mass is 19.3. The maximum Gasteiger partial charge on any atom is 0.298 e. The molecule has 0 saturated carbocycles. The normalized spacial score (nSPS) is 13.1. The van der Waals surface area contributed by atoms with Gasteiger partial charge in [0.1, 0.15) is 17.5 Å². The summed E-state index contributed by atoms with van der Waals surface area (Å²) < 4.78 is 31.3. The fourth-order valence-corrected chi connectivity index (χ4v) is 4.05. The van der Waals surface area contributed by atoms with E-state index >= 15 is 0 Å². The van der Waals surface area contributed by atoms with Crippen LogP contribution in [0.25, 0.3) is 0 Å². The van der Waals surface area contributed by atoms with Gasteiger partial charge in [-0.1, -0.05) is 42.5 Å². The number of hydrogen-bond acceptors (Lipinski definition) is 5. The highest BCUT2D eigenvalue weighted by Crippen LogP contribution is 2.36.